The van der Waals surface area contributed by atoms with E-state index in [2.05, 4.69) is 5.32 Å². The van der Waals surface area contributed by atoms with E-state index in [0.29, 0.717) is 0 Å². The van der Waals surface area contributed by atoms with Crippen molar-refractivity contribution >= 4 is 23.7 Å². The van der Waals surface area contributed by atoms with Crippen LogP contribution in [0.4, 0.5) is 4.79 Å². The molecule has 0 saturated carbocycles. The molecule has 0 saturated heterocycles. The first kappa shape index (κ1) is 13.6. The lowest BCUT2D eigenvalue weighted by Crippen LogP contribution is -2.39. The smallest absolute Gasteiger partial charge is 0.318 e. The van der Waals surface area contributed by atoms with Crippen molar-refractivity contribution in [2.75, 3.05) is 0 Å². The van der Waals surface area contributed by atoms with Crippen LogP contribution in [0.1, 0.15) is 18.1 Å². The van der Waals surface area contributed by atoms with Crippen LogP contribution in [0.5, 0.6) is 0 Å². The standard InChI is InChI=1S/C12H16N2O2S/c1-8-5-3-4-6-10(8)7-17-9(2)11(15)14-12(13)16/h3-6,9H,7H2,1-2H3,(H3,13,14,15,16)/t9-/m1/s1. The number of rotatable bonds is 4. The number of hydrogen-bond donors (Lipinski definition) is 2. The normalized spacial score (nSPS) is 11.9. The summed E-state index contributed by atoms with van der Waals surface area (Å²) < 4.78 is 0. The molecule has 1 rings (SSSR count). The Hall–Kier alpha value is -1.49. The summed E-state index contributed by atoms with van der Waals surface area (Å²) in [5.74, 6) is 0.385. The summed E-state index contributed by atoms with van der Waals surface area (Å²) in [5.41, 5.74) is 7.27. The molecule has 0 heterocycles. The van der Waals surface area contributed by atoms with Gasteiger partial charge in [0, 0.05) is 5.75 Å². The van der Waals surface area contributed by atoms with Gasteiger partial charge in [-0.1, -0.05) is 24.3 Å². The molecular formula is C12H16N2O2S. The van der Waals surface area contributed by atoms with Gasteiger partial charge in [0.1, 0.15) is 0 Å². The van der Waals surface area contributed by atoms with Gasteiger partial charge in [0.25, 0.3) is 0 Å². The van der Waals surface area contributed by atoms with E-state index < -0.39 is 6.03 Å². The highest BCUT2D eigenvalue weighted by Crippen LogP contribution is 2.19. The summed E-state index contributed by atoms with van der Waals surface area (Å²) in [4.78, 5) is 22.0. The summed E-state index contributed by atoms with van der Waals surface area (Å²) >= 11 is 1.47. The van der Waals surface area contributed by atoms with Gasteiger partial charge >= 0.3 is 6.03 Å². The lowest BCUT2D eigenvalue weighted by atomic mass is 10.1. The number of hydrogen-bond acceptors (Lipinski definition) is 3. The Labute approximate surface area is 105 Å². The van der Waals surface area contributed by atoms with Crippen LogP contribution in [0.3, 0.4) is 0 Å². The maximum absolute atomic E-state index is 11.4. The molecule has 17 heavy (non-hydrogen) atoms. The van der Waals surface area contributed by atoms with Gasteiger partial charge < -0.3 is 5.73 Å². The maximum Gasteiger partial charge on any atom is 0.318 e. The number of primary amides is 1. The van der Waals surface area contributed by atoms with E-state index in [1.807, 2.05) is 31.2 Å². The fourth-order valence-electron chi connectivity index (χ4n) is 1.29. The molecule has 0 fully saturated rings. The number of aryl methyl sites for hydroxylation is 1. The van der Waals surface area contributed by atoms with Gasteiger partial charge in [0.05, 0.1) is 5.25 Å². The molecule has 1 atom stereocenters. The molecule has 0 spiro atoms. The first-order valence-corrected chi connectivity index (χ1v) is 6.32. The maximum atomic E-state index is 11.4. The molecule has 3 N–H and O–H groups in total. The molecule has 0 unspecified atom stereocenters. The van der Waals surface area contributed by atoms with Crippen LogP contribution in [0.2, 0.25) is 0 Å². The summed E-state index contributed by atoms with van der Waals surface area (Å²) in [7, 11) is 0. The Bertz CT molecular complexity index is 421. The fraction of sp³-hybridized carbons (Fsp3) is 0.333. The van der Waals surface area contributed by atoms with Crippen LogP contribution < -0.4 is 11.1 Å². The highest BCUT2D eigenvalue weighted by molar-refractivity contribution is 7.99. The van der Waals surface area contributed by atoms with Gasteiger partial charge in [-0.2, -0.15) is 0 Å². The lowest BCUT2D eigenvalue weighted by Gasteiger charge is -2.11. The largest absolute Gasteiger partial charge is 0.351 e. The van der Waals surface area contributed by atoms with Gasteiger partial charge in [0.2, 0.25) is 5.91 Å². The summed E-state index contributed by atoms with van der Waals surface area (Å²) in [5, 5.41) is 1.77. The number of carbonyl (C=O) groups is 2. The molecule has 1 aromatic rings. The summed E-state index contributed by atoms with van der Waals surface area (Å²) in [6.07, 6.45) is 0. The topological polar surface area (TPSA) is 72.2 Å². The number of carbonyl (C=O) groups excluding carboxylic acids is 2. The summed E-state index contributed by atoms with van der Waals surface area (Å²) in [6.45, 7) is 3.78. The number of nitrogens with one attached hydrogen (secondary N) is 1. The second-order valence-electron chi connectivity index (χ2n) is 3.73. The van der Waals surface area contributed by atoms with Gasteiger partial charge in [-0.15, -0.1) is 11.8 Å². The van der Waals surface area contributed by atoms with Crippen molar-refractivity contribution in [3.8, 4) is 0 Å². The van der Waals surface area contributed by atoms with E-state index in [9.17, 15) is 9.59 Å². The summed E-state index contributed by atoms with van der Waals surface area (Å²) in [6, 6.07) is 7.20. The first-order chi connectivity index (χ1) is 8.00. The van der Waals surface area contributed by atoms with Crippen molar-refractivity contribution in [3.05, 3.63) is 35.4 Å². The number of benzene rings is 1. The number of nitrogens with two attached hydrogens (primary N) is 1. The molecule has 0 aliphatic rings. The second-order valence-corrected chi connectivity index (χ2v) is 5.06. The number of urea groups is 1. The Morgan fingerprint density at radius 2 is 2.06 bits per heavy atom. The molecular weight excluding hydrogens is 236 g/mol. The van der Waals surface area contributed by atoms with Gasteiger partial charge in [-0.05, 0) is 25.0 Å². The SMILES string of the molecule is Cc1ccccc1CS[C@H](C)C(=O)NC(N)=O. The van der Waals surface area contributed by atoms with Crippen LogP contribution in [-0.2, 0) is 10.5 Å². The Balaban J connectivity index is 2.48. The van der Waals surface area contributed by atoms with Crippen LogP contribution in [0.15, 0.2) is 24.3 Å². The molecule has 0 aromatic heterocycles. The van der Waals surface area contributed by atoms with E-state index >= 15 is 0 Å². The second kappa shape index (κ2) is 6.30. The molecule has 0 aliphatic heterocycles. The zero-order chi connectivity index (χ0) is 12.8. The van der Waals surface area contributed by atoms with Crippen LogP contribution in [0, 0.1) is 6.92 Å². The number of thioether (sulfide) groups is 1. The quantitative estimate of drug-likeness (QED) is 0.858. The molecule has 5 heteroatoms. The third kappa shape index (κ3) is 4.48. The highest BCUT2D eigenvalue weighted by Gasteiger charge is 2.14. The predicted molar refractivity (Wildman–Crippen MR) is 69.7 cm³/mol. The molecule has 3 amide bonds. The van der Waals surface area contributed by atoms with E-state index in [-0.39, 0.29) is 11.2 Å². The Morgan fingerprint density at radius 3 is 2.65 bits per heavy atom. The Kier molecular flexibility index (Phi) is 5.03. The monoisotopic (exact) mass is 252 g/mol. The van der Waals surface area contributed by atoms with Crippen LogP contribution in [0.25, 0.3) is 0 Å². The average Bonchev–Trinajstić information content (AvgIpc) is 2.26. The van der Waals surface area contributed by atoms with E-state index in [1.165, 1.54) is 22.9 Å². The molecule has 4 nitrogen and oxygen atoms in total. The molecule has 0 radical (unpaired) electrons. The number of imide groups is 1. The van der Waals surface area contributed by atoms with Crippen molar-refractivity contribution < 1.29 is 9.59 Å². The van der Waals surface area contributed by atoms with Crippen molar-refractivity contribution in [3.63, 3.8) is 0 Å². The van der Waals surface area contributed by atoms with E-state index in [1.54, 1.807) is 6.92 Å². The number of amides is 3. The average molecular weight is 252 g/mol. The van der Waals surface area contributed by atoms with E-state index in [0.717, 1.165) is 5.75 Å². The fourth-order valence-corrected chi connectivity index (χ4v) is 2.25. The third-order valence-corrected chi connectivity index (χ3v) is 3.56. The lowest BCUT2D eigenvalue weighted by molar-refractivity contribution is -0.119. The van der Waals surface area contributed by atoms with Crippen molar-refractivity contribution in [1.82, 2.24) is 5.32 Å². The van der Waals surface area contributed by atoms with Crippen molar-refractivity contribution in [1.29, 1.82) is 0 Å². The van der Waals surface area contributed by atoms with Gasteiger partial charge in [-0.3, -0.25) is 10.1 Å². The Morgan fingerprint density at radius 1 is 1.41 bits per heavy atom. The third-order valence-electron chi connectivity index (χ3n) is 2.37. The van der Waals surface area contributed by atoms with Crippen LogP contribution >= 0.6 is 11.8 Å². The molecule has 0 aliphatic carbocycles. The van der Waals surface area contributed by atoms with Crippen molar-refractivity contribution in [2.45, 2.75) is 24.9 Å². The first-order valence-electron chi connectivity index (χ1n) is 5.27. The van der Waals surface area contributed by atoms with Gasteiger partial charge in [-0.25, -0.2) is 4.79 Å². The van der Waals surface area contributed by atoms with E-state index in [4.69, 9.17) is 5.73 Å². The minimum Gasteiger partial charge on any atom is -0.351 e. The molecule has 1 aromatic carbocycles. The minimum absolute atomic E-state index is 0.304. The zero-order valence-corrected chi connectivity index (χ0v) is 10.7. The van der Waals surface area contributed by atoms with Gasteiger partial charge in [0.15, 0.2) is 0 Å². The molecule has 92 valence electrons. The minimum atomic E-state index is -0.807. The predicted octanol–water partition coefficient (Wildman–Crippen LogP) is 1.81. The van der Waals surface area contributed by atoms with Crippen LogP contribution in [-0.4, -0.2) is 17.2 Å². The molecule has 0 bridgehead atoms. The van der Waals surface area contributed by atoms with Crippen molar-refractivity contribution in [2.24, 2.45) is 5.73 Å². The highest BCUT2D eigenvalue weighted by atomic mass is 32.2. The zero-order valence-electron chi connectivity index (χ0n) is 9.90.